The van der Waals surface area contributed by atoms with Gasteiger partial charge in [0.15, 0.2) is 5.78 Å². The number of hydrogen-bond acceptors (Lipinski definition) is 7. The van der Waals surface area contributed by atoms with Crippen LogP contribution in [0, 0.1) is 12.8 Å². The Bertz CT molecular complexity index is 1750. The van der Waals surface area contributed by atoms with E-state index in [-0.39, 0.29) is 52.9 Å². The molecule has 3 amide bonds. The third-order valence-corrected chi connectivity index (χ3v) is 8.20. The zero-order valence-electron chi connectivity index (χ0n) is 23.0. The molecule has 42 heavy (non-hydrogen) atoms. The Morgan fingerprint density at radius 3 is 2.64 bits per heavy atom. The Balaban J connectivity index is 1.25. The van der Waals surface area contributed by atoms with Gasteiger partial charge in [0, 0.05) is 35.9 Å². The van der Waals surface area contributed by atoms with Crippen molar-refractivity contribution < 1.29 is 19.2 Å². The first-order valence-electron chi connectivity index (χ1n) is 13.7. The second-order valence-corrected chi connectivity index (χ2v) is 11.1. The summed E-state index contributed by atoms with van der Waals surface area (Å²) in [5, 5.41) is 10.9. The van der Waals surface area contributed by atoms with Crippen molar-refractivity contribution in [3.63, 3.8) is 0 Å². The normalized spacial score (nSPS) is 19.2. The van der Waals surface area contributed by atoms with Crippen molar-refractivity contribution in [1.29, 1.82) is 0 Å². The molecule has 2 fully saturated rings. The Morgan fingerprint density at radius 2 is 1.88 bits per heavy atom. The van der Waals surface area contributed by atoms with Crippen molar-refractivity contribution in [3.8, 4) is 0 Å². The van der Waals surface area contributed by atoms with Crippen LogP contribution in [0.2, 0.25) is 5.15 Å². The standard InChI is InChI=1S/C30H28ClN7O4/c1-16-21(5-4-12-32-16)29(41)33-19-9-11-23-22(14-19)27(17(2)39)36-37(23)15-26(40)38-20-10-8-18(13-20)28(38)30(42)35-25-7-3-6-24(31)34-25/h3-7,9,11-12,14,18,20,28H,8,10,13,15H2,1-2H3,(H,33,41)(H,34,35,42)/t18-,20+,28-/m0/s1. The predicted molar refractivity (Wildman–Crippen MR) is 156 cm³/mol. The van der Waals surface area contributed by atoms with Crippen LogP contribution < -0.4 is 10.6 Å². The molecule has 1 aromatic carbocycles. The number of carbonyl (C=O) groups excluding carboxylic acids is 4. The number of rotatable bonds is 7. The Hall–Kier alpha value is -4.64. The average molecular weight is 586 g/mol. The van der Waals surface area contributed by atoms with Gasteiger partial charge in [-0.05, 0) is 74.6 Å². The molecule has 2 bridgehead atoms. The summed E-state index contributed by atoms with van der Waals surface area (Å²) in [5.41, 5.74) is 2.27. The molecular weight excluding hydrogens is 558 g/mol. The third-order valence-electron chi connectivity index (χ3n) is 7.99. The van der Waals surface area contributed by atoms with Crippen molar-refractivity contribution in [1.82, 2.24) is 24.6 Å². The molecule has 2 N–H and O–H groups in total. The van der Waals surface area contributed by atoms with E-state index >= 15 is 0 Å². The van der Waals surface area contributed by atoms with Crippen molar-refractivity contribution in [2.75, 3.05) is 10.6 Å². The SMILES string of the molecule is CC(=O)c1nn(CC(=O)N2[C@@H]3CC[C@@H](C3)[C@H]2C(=O)Nc2cccc(Cl)n2)c2ccc(NC(=O)c3cccnc3C)cc12. The fraction of sp³-hybridized carbons (Fsp3) is 0.300. The highest BCUT2D eigenvalue weighted by molar-refractivity contribution is 6.29. The smallest absolute Gasteiger partial charge is 0.257 e. The summed E-state index contributed by atoms with van der Waals surface area (Å²) in [6.07, 6.45) is 4.06. The van der Waals surface area contributed by atoms with Gasteiger partial charge in [0.05, 0.1) is 11.1 Å². The number of pyridine rings is 2. The largest absolute Gasteiger partial charge is 0.326 e. The summed E-state index contributed by atoms with van der Waals surface area (Å²) in [5.74, 6) is -0.782. The molecule has 12 heteroatoms. The van der Waals surface area contributed by atoms with E-state index in [0.717, 1.165) is 19.3 Å². The van der Waals surface area contributed by atoms with Crippen LogP contribution in [0.5, 0.6) is 0 Å². The lowest BCUT2D eigenvalue weighted by molar-refractivity contribution is -0.141. The molecule has 1 saturated heterocycles. The summed E-state index contributed by atoms with van der Waals surface area (Å²) < 4.78 is 1.49. The maximum Gasteiger partial charge on any atom is 0.257 e. The van der Waals surface area contributed by atoms with Crippen LogP contribution >= 0.6 is 11.6 Å². The summed E-state index contributed by atoms with van der Waals surface area (Å²) in [4.78, 5) is 62.4. The van der Waals surface area contributed by atoms with E-state index in [0.29, 0.717) is 33.7 Å². The topological polar surface area (TPSA) is 139 Å². The maximum absolute atomic E-state index is 13.8. The van der Waals surface area contributed by atoms with Gasteiger partial charge in [-0.2, -0.15) is 5.10 Å². The molecule has 0 spiro atoms. The van der Waals surface area contributed by atoms with Gasteiger partial charge in [-0.1, -0.05) is 17.7 Å². The van der Waals surface area contributed by atoms with Crippen LogP contribution in [0.25, 0.3) is 10.9 Å². The number of anilines is 2. The first kappa shape index (κ1) is 27.5. The lowest BCUT2D eigenvalue weighted by Crippen LogP contribution is -2.52. The van der Waals surface area contributed by atoms with Gasteiger partial charge in [-0.3, -0.25) is 28.8 Å². The Labute approximate surface area is 246 Å². The van der Waals surface area contributed by atoms with Crippen LogP contribution in [-0.2, 0) is 16.1 Å². The molecule has 1 aliphatic carbocycles. The number of hydrogen-bond donors (Lipinski definition) is 2. The van der Waals surface area contributed by atoms with Gasteiger partial charge in [-0.25, -0.2) is 4.98 Å². The van der Waals surface area contributed by atoms with E-state index in [1.165, 1.54) is 11.6 Å². The number of likely N-dealkylation sites (tertiary alicyclic amines) is 1. The van der Waals surface area contributed by atoms with E-state index in [9.17, 15) is 19.2 Å². The first-order valence-corrected chi connectivity index (χ1v) is 14.1. The molecule has 11 nitrogen and oxygen atoms in total. The lowest BCUT2D eigenvalue weighted by atomic mass is 9.97. The molecular formula is C30H28ClN7O4. The summed E-state index contributed by atoms with van der Waals surface area (Å²) in [6, 6.07) is 12.8. The highest BCUT2D eigenvalue weighted by Gasteiger charge is 2.51. The van der Waals surface area contributed by atoms with Gasteiger partial charge in [0.25, 0.3) is 5.91 Å². The molecule has 2 aliphatic rings. The number of fused-ring (bicyclic) bond motifs is 3. The van der Waals surface area contributed by atoms with Crippen LogP contribution in [0.3, 0.4) is 0 Å². The highest BCUT2D eigenvalue weighted by atomic mass is 35.5. The van der Waals surface area contributed by atoms with Crippen molar-refractivity contribution in [2.45, 2.75) is 51.7 Å². The second-order valence-electron chi connectivity index (χ2n) is 10.7. The van der Waals surface area contributed by atoms with E-state index in [1.54, 1.807) is 66.6 Å². The van der Waals surface area contributed by atoms with Crippen LogP contribution in [0.4, 0.5) is 11.5 Å². The lowest BCUT2D eigenvalue weighted by Gasteiger charge is -2.34. The molecule has 3 atom stereocenters. The Kier molecular flexibility index (Phi) is 7.19. The van der Waals surface area contributed by atoms with E-state index < -0.39 is 6.04 Å². The number of ketones is 1. The number of piperidine rings is 1. The maximum atomic E-state index is 13.8. The summed E-state index contributed by atoms with van der Waals surface area (Å²) in [6.45, 7) is 3.01. The van der Waals surface area contributed by atoms with Crippen LogP contribution in [0.15, 0.2) is 54.7 Å². The minimum absolute atomic E-state index is 0.0441. The first-order chi connectivity index (χ1) is 20.2. The number of aromatic nitrogens is 4. The molecule has 1 aliphatic heterocycles. The van der Waals surface area contributed by atoms with Crippen molar-refractivity contribution in [3.05, 3.63) is 76.8 Å². The van der Waals surface area contributed by atoms with E-state index in [1.807, 2.05) is 0 Å². The fourth-order valence-corrected chi connectivity index (χ4v) is 6.30. The van der Waals surface area contributed by atoms with E-state index in [4.69, 9.17) is 11.6 Å². The van der Waals surface area contributed by atoms with Crippen molar-refractivity contribution >= 4 is 57.5 Å². The predicted octanol–water partition coefficient (Wildman–Crippen LogP) is 4.26. The number of amides is 3. The zero-order valence-corrected chi connectivity index (χ0v) is 23.8. The minimum atomic E-state index is -0.635. The van der Waals surface area contributed by atoms with Gasteiger partial charge < -0.3 is 15.5 Å². The molecule has 3 aromatic heterocycles. The molecule has 0 radical (unpaired) electrons. The van der Waals surface area contributed by atoms with Crippen LogP contribution in [-0.4, -0.2) is 60.2 Å². The minimum Gasteiger partial charge on any atom is -0.326 e. The molecule has 214 valence electrons. The molecule has 0 unspecified atom stereocenters. The number of benzene rings is 1. The van der Waals surface area contributed by atoms with Crippen molar-refractivity contribution in [2.24, 2.45) is 5.92 Å². The number of nitrogens with one attached hydrogen (secondary N) is 2. The third kappa shape index (κ3) is 5.11. The number of carbonyl (C=O) groups is 4. The van der Waals surface area contributed by atoms with Gasteiger partial charge in [0.2, 0.25) is 11.8 Å². The van der Waals surface area contributed by atoms with Crippen LogP contribution in [0.1, 0.15) is 52.7 Å². The molecule has 6 rings (SSSR count). The molecule has 4 aromatic rings. The number of halogens is 1. The Morgan fingerprint density at radius 1 is 1.05 bits per heavy atom. The summed E-state index contributed by atoms with van der Waals surface area (Å²) >= 11 is 5.98. The van der Waals surface area contributed by atoms with Gasteiger partial charge in [-0.15, -0.1) is 0 Å². The highest BCUT2D eigenvalue weighted by Crippen LogP contribution is 2.43. The zero-order chi connectivity index (χ0) is 29.5. The summed E-state index contributed by atoms with van der Waals surface area (Å²) in [7, 11) is 0. The van der Waals surface area contributed by atoms with E-state index in [2.05, 4.69) is 25.7 Å². The number of nitrogens with zero attached hydrogens (tertiary/aromatic N) is 5. The number of aryl methyl sites for hydroxylation is 1. The molecule has 1 saturated carbocycles. The monoisotopic (exact) mass is 585 g/mol. The number of Topliss-reactive ketones (excluding diaryl/α,β-unsaturated/α-hetero) is 1. The molecule has 4 heterocycles. The van der Waals surface area contributed by atoms with Gasteiger partial charge >= 0.3 is 0 Å². The fourth-order valence-electron chi connectivity index (χ4n) is 6.13. The van der Waals surface area contributed by atoms with Gasteiger partial charge in [0.1, 0.15) is 29.3 Å². The average Bonchev–Trinajstić information content (AvgIpc) is 3.67. The quantitative estimate of drug-likeness (QED) is 0.244. The second kappa shape index (κ2) is 11.0.